The molecule has 1 saturated carbocycles. The molecule has 2 aromatic rings. The molecule has 0 amide bonds. The quantitative estimate of drug-likeness (QED) is 0.597. The lowest BCUT2D eigenvalue weighted by Gasteiger charge is -2.26. The molecule has 9 heteroatoms. The summed E-state index contributed by atoms with van der Waals surface area (Å²) in [6, 6.07) is 3.52. The van der Waals surface area contributed by atoms with Gasteiger partial charge in [-0.25, -0.2) is 0 Å². The molecule has 30 heavy (non-hydrogen) atoms. The number of rotatable bonds is 10. The summed E-state index contributed by atoms with van der Waals surface area (Å²) < 4.78 is 22.5. The minimum absolute atomic E-state index is 0.0188. The predicted octanol–water partition coefficient (Wildman–Crippen LogP) is 2.63. The minimum Gasteiger partial charge on any atom is -0.496 e. The van der Waals surface area contributed by atoms with Gasteiger partial charge in [0.1, 0.15) is 24.0 Å². The van der Waals surface area contributed by atoms with Crippen LogP contribution in [0.4, 0.5) is 0 Å². The number of benzene rings is 1. The van der Waals surface area contributed by atoms with Crippen LogP contribution in [0.2, 0.25) is 0 Å². The Balaban J connectivity index is 1.85. The molecule has 1 aliphatic carbocycles. The van der Waals surface area contributed by atoms with E-state index in [1.807, 2.05) is 6.92 Å². The number of aliphatic hydroxyl groups is 1. The first-order chi connectivity index (χ1) is 14.4. The molecule has 2 N–H and O–H groups in total. The van der Waals surface area contributed by atoms with Gasteiger partial charge < -0.3 is 28.8 Å². The highest BCUT2D eigenvalue weighted by Crippen LogP contribution is 2.35. The van der Waals surface area contributed by atoms with Gasteiger partial charge in [-0.3, -0.25) is 4.79 Å². The molecular formula is C21H28N2O7. The minimum atomic E-state index is -1.05. The van der Waals surface area contributed by atoms with E-state index in [9.17, 15) is 9.90 Å². The molecule has 164 valence electrons. The lowest BCUT2D eigenvalue weighted by atomic mass is 9.99. The summed E-state index contributed by atoms with van der Waals surface area (Å²) in [5.74, 6) is 0.390. The monoisotopic (exact) mass is 420 g/mol. The lowest BCUT2D eigenvalue weighted by molar-refractivity contribution is -0.136. The Morgan fingerprint density at radius 2 is 1.77 bits per heavy atom. The molecular weight excluding hydrogens is 392 g/mol. The first-order valence-corrected chi connectivity index (χ1v) is 10.00. The maximum Gasteiger partial charge on any atom is 0.312 e. The maximum atomic E-state index is 11.2. The molecule has 2 unspecified atom stereocenters. The zero-order valence-corrected chi connectivity index (χ0v) is 17.5. The summed E-state index contributed by atoms with van der Waals surface area (Å²) in [5.41, 5.74) is 1.42. The van der Waals surface area contributed by atoms with Crippen molar-refractivity contribution in [2.45, 2.75) is 63.8 Å². The fraction of sp³-hybridized carbons (Fsp3) is 0.571. The van der Waals surface area contributed by atoms with Gasteiger partial charge in [-0.2, -0.15) is 0 Å². The van der Waals surface area contributed by atoms with Crippen molar-refractivity contribution in [2.75, 3.05) is 14.2 Å². The van der Waals surface area contributed by atoms with Crippen molar-refractivity contribution in [3.8, 4) is 11.5 Å². The van der Waals surface area contributed by atoms with Gasteiger partial charge in [0.05, 0.1) is 32.8 Å². The summed E-state index contributed by atoms with van der Waals surface area (Å²) >= 11 is 0. The van der Waals surface area contributed by atoms with Crippen LogP contribution in [0.15, 0.2) is 16.5 Å². The van der Waals surface area contributed by atoms with Crippen LogP contribution in [0.5, 0.6) is 11.5 Å². The van der Waals surface area contributed by atoms with Crippen molar-refractivity contribution >= 4 is 5.97 Å². The predicted molar refractivity (Wildman–Crippen MR) is 106 cm³/mol. The maximum absolute atomic E-state index is 11.2. The Morgan fingerprint density at radius 3 is 2.33 bits per heavy atom. The van der Waals surface area contributed by atoms with E-state index in [1.54, 1.807) is 26.4 Å². The largest absolute Gasteiger partial charge is 0.496 e. The zero-order chi connectivity index (χ0) is 21.7. The van der Waals surface area contributed by atoms with Crippen LogP contribution in [-0.4, -0.2) is 52.8 Å². The van der Waals surface area contributed by atoms with Crippen LogP contribution in [0.3, 0.4) is 0 Å². The molecule has 1 heterocycles. The van der Waals surface area contributed by atoms with Crippen LogP contribution < -0.4 is 9.47 Å². The van der Waals surface area contributed by atoms with E-state index in [4.69, 9.17) is 23.7 Å². The van der Waals surface area contributed by atoms with Gasteiger partial charge in [0.15, 0.2) is 0 Å². The number of hydrogen-bond acceptors (Lipinski definition) is 8. The molecule has 1 aliphatic rings. The van der Waals surface area contributed by atoms with Crippen LogP contribution in [0.25, 0.3) is 0 Å². The first kappa shape index (κ1) is 22.0. The number of hydrogen-bond donors (Lipinski definition) is 2. The Bertz CT molecular complexity index is 836. The van der Waals surface area contributed by atoms with E-state index in [0.717, 1.165) is 31.2 Å². The van der Waals surface area contributed by atoms with E-state index in [2.05, 4.69) is 10.2 Å². The summed E-state index contributed by atoms with van der Waals surface area (Å²) in [6.45, 7) is 1.88. The number of aromatic nitrogens is 2. The number of carboxylic acid groups (broad SMARTS) is 1. The second-order valence-corrected chi connectivity index (χ2v) is 7.44. The van der Waals surface area contributed by atoms with Gasteiger partial charge in [-0.15, -0.1) is 10.2 Å². The second kappa shape index (κ2) is 9.90. The van der Waals surface area contributed by atoms with Gasteiger partial charge in [0.25, 0.3) is 0 Å². The van der Waals surface area contributed by atoms with Gasteiger partial charge in [0, 0.05) is 5.56 Å². The van der Waals surface area contributed by atoms with Crippen LogP contribution in [0, 0.1) is 6.92 Å². The van der Waals surface area contributed by atoms with Gasteiger partial charge in [-0.1, -0.05) is 12.8 Å². The van der Waals surface area contributed by atoms with Crippen LogP contribution >= 0.6 is 0 Å². The first-order valence-electron chi connectivity index (χ1n) is 10.00. The average molecular weight is 420 g/mol. The molecule has 0 aliphatic heterocycles. The highest BCUT2D eigenvalue weighted by molar-refractivity contribution is 5.68. The fourth-order valence-corrected chi connectivity index (χ4v) is 3.74. The smallest absolute Gasteiger partial charge is 0.312 e. The van der Waals surface area contributed by atoms with Crippen molar-refractivity contribution in [3.63, 3.8) is 0 Å². The van der Waals surface area contributed by atoms with Crippen molar-refractivity contribution in [2.24, 2.45) is 0 Å². The number of nitrogens with zero attached hydrogens (tertiary/aromatic N) is 2. The molecule has 2 atom stereocenters. The molecule has 1 fully saturated rings. The molecule has 9 nitrogen and oxygen atoms in total. The van der Waals surface area contributed by atoms with Crippen LogP contribution in [-0.2, 0) is 22.4 Å². The van der Waals surface area contributed by atoms with E-state index in [1.165, 1.54) is 0 Å². The molecule has 3 rings (SSSR count). The fourth-order valence-electron chi connectivity index (χ4n) is 3.74. The highest BCUT2D eigenvalue weighted by Gasteiger charge is 2.30. The molecule has 0 bridgehead atoms. The molecule has 0 saturated heterocycles. The summed E-state index contributed by atoms with van der Waals surface area (Å²) in [7, 11) is 3.12. The molecule has 1 aromatic heterocycles. The normalized spacial score (nSPS) is 16.4. The SMILES string of the molecule is COc1cc(C(O)C(Cc2nnc(CC(=O)O)o2)OC2CCCC2)cc(OC)c1C. The standard InChI is InChI=1S/C21H28N2O7/c1-12-15(27-2)8-13(9-16(12)28-3)21(26)17(29-14-6-4-5-7-14)10-18-22-23-19(30-18)11-20(24)25/h8-9,14,17,21,26H,4-7,10-11H2,1-3H3,(H,24,25). The zero-order valence-electron chi connectivity index (χ0n) is 17.5. The Kier molecular flexibility index (Phi) is 7.28. The van der Waals surface area contributed by atoms with Crippen molar-refractivity contribution in [1.29, 1.82) is 0 Å². The molecule has 0 radical (unpaired) electrons. The number of ether oxygens (including phenoxy) is 3. The number of carbonyl (C=O) groups is 1. The van der Waals surface area contributed by atoms with Crippen molar-refractivity contribution < 1.29 is 33.6 Å². The number of aliphatic hydroxyl groups excluding tert-OH is 1. The van der Waals surface area contributed by atoms with Gasteiger partial charge in [0.2, 0.25) is 11.8 Å². The Labute approximate surface area is 175 Å². The number of aliphatic carboxylic acids is 1. The van der Waals surface area contributed by atoms with E-state index < -0.39 is 18.2 Å². The lowest BCUT2D eigenvalue weighted by Crippen LogP contribution is -2.29. The third kappa shape index (κ3) is 5.28. The number of methoxy groups -OCH3 is 2. The summed E-state index contributed by atoms with van der Waals surface area (Å²) in [4.78, 5) is 10.9. The Morgan fingerprint density at radius 1 is 1.17 bits per heavy atom. The van der Waals surface area contributed by atoms with Gasteiger partial charge >= 0.3 is 5.97 Å². The molecule has 0 spiro atoms. The highest BCUT2D eigenvalue weighted by atomic mass is 16.5. The average Bonchev–Trinajstić information content (AvgIpc) is 3.39. The van der Waals surface area contributed by atoms with E-state index in [-0.39, 0.29) is 30.7 Å². The summed E-state index contributed by atoms with van der Waals surface area (Å²) in [5, 5.41) is 27.7. The van der Waals surface area contributed by atoms with Crippen molar-refractivity contribution in [3.05, 3.63) is 35.0 Å². The summed E-state index contributed by atoms with van der Waals surface area (Å²) in [6.07, 6.45) is 2.23. The van der Waals surface area contributed by atoms with Gasteiger partial charge in [-0.05, 0) is 37.5 Å². The topological polar surface area (TPSA) is 124 Å². The second-order valence-electron chi connectivity index (χ2n) is 7.44. The number of carboxylic acids is 1. The third-order valence-electron chi connectivity index (χ3n) is 5.32. The Hall–Kier alpha value is -2.65. The van der Waals surface area contributed by atoms with Crippen LogP contribution in [0.1, 0.15) is 54.7 Å². The van der Waals surface area contributed by atoms with Crippen molar-refractivity contribution in [1.82, 2.24) is 10.2 Å². The molecule has 1 aromatic carbocycles. The van der Waals surface area contributed by atoms with E-state index >= 15 is 0 Å². The third-order valence-corrected chi connectivity index (χ3v) is 5.32. The van der Waals surface area contributed by atoms with E-state index in [0.29, 0.717) is 17.1 Å².